The van der Waals surface area contributed by atoms with E-state index in [0.29, 0.717) is 49.2 Å². The molecule has 1 amide bonds. The Kier molecular flexibility index (Phi) is 8.13. The number of carbonyl (C=O) groups excluding carboxylic acids is 1. The Hall–Kier alpha value is -3.68. The van der Waals surface area contributed by atoms with Crippen LogP contribution in [0.3, 0.4) is 0 Å². The van der Waals surface area contributed by atoms with Gasteiger partial charge in [-0.15, -0.1) is 0 Å². The third-order valence-corrected chi connectivity index (χ3v) is 5.90. The summed E-state index contributed by atoms with van der Waals surface area (Å²) in [5, 5.41) is 10.8. The van der Waals surface area contributed by atoms with Crippen LogP contribution in [0.25, 0.3) is 11.3 Å². The number of hydrogen-bond acceptors (Lipinski definition) is 6. The second kappa shape index (κ2) is 11.6. The first kappa shape index (κ1) is 24.4. The SMILES string of the molecule is CCOc1cc(C(=O)NC2CCCN(c3cc(-c4ccccc4)[nH]n3)C2)cc(OCC)c1OCC. The first-order valence-electron chi connectivity index (χ1n) is 12.4. The van der Waals surface area contributed by atoms with Crippen molar-refractivity contribution in [3.8, 4) is 28.5 Å². The van der Waals surface area contributed by atoms with E-state index in [-0.39, 0.29) is 11.9 Å². The number of nitrogens with zero attached hydrogens (tertiary/aromatic N) is 2. The fourth-order valence-electron chi connectivity index (χ4n) is 4.33. The summed E-state index contributed by atoms with van der Waals surface area (Å²) in [4.78, 5) is 15.4. The Morgan fingerprint density at radius 2 is 1.71 bits per heavy atom. The average Bonchev–Trinajstić information content (AvgIpc) is 3.37. The number of rotatable bonds is 10. The summed E-state index contributed by atoms with van der Waals surface area (Å²) >= 11 is 0. The lowest BCUT2D eigenvalue weighted by molar-refractivity contribution is 0.0932. The molecule has 1 aliphatic rings. The molecule has 2 aromatic carbocycles. The molecule has 8 nitrogen and oxygen atoms in total. The van der Waals surface area contributed by atoms with Crippen LogP contribution in [0.2, 0.25) is 0 Å². The third kappa shape index (κ3) is 5.88. The van der Waals surface area contributed by atoms with Gasteiger partial charge in [0.15, 0.2) is 17.3 Å². The van der Waals surface area contributed by atoms with Crippen molar-refractivity contribution in [2.45, 2.75) is 39.7 Å². The van der Waals surface area contributed by atoms with Crippen molar-refractivity contribution in [1.29, 1.82) is 0 Å². The molecule has 4 rings (SSSR count). The summed E-state index contributed by atoms with van der Waals surface area (Å²) in [5.41, 5.74) is 2.57. The predicted molar refractivity (Wildman–Crippen MR) is 137 cm³/mol. The quantitative estimate of drug-likeness (QED) is 0.440. The number of H-pyrrole nitrogens is 1. The van der Waals surface area contributed by atoms with Crippen molar-refractivity contribution in [3.05, 3.63) is 54.1 Å². The predicted octanol–water partition coefficient (Wildman–Crippen LogP) is 4.67. The molecule has 3 aromatic rings. The fraction of sp³-hybridized carbons (Fsp3) is 0.407. The molecular weight excluding hydrogens is 444 g/mol. The van der Waals surface area contributed by atoms with E-state index in [1.807, 2.05) is 39.0 Å². The number of aromatic nitrogens is 2. The summed E-state index contributed by atoms with van der Waals surface area (Å²) < 4.78 is 17.3. The van der Waals surface area contributed by atoms with Gasteiger partial charge >= 0.3 is 0 Å². The average molecular weight is 479 g/mol. The summed E-state index contributed by atoms with van der Waals surface area (Å²) in [6.07, 6.45) is 1.88. The zero-order valence-corrected chi connectivity index (χ0v) is 20.7. The largest absolute Gasteiger partial charge is 0.490 e. The highest BCUT2D eigenvalue weighted by Gasteiger charge is 2.25. The number of hydrogen-bond donors (Lipinski definition) is 2. The van der Waals surface area contributed by atoms with Crippen LogP contribution in [-0.2, 0) is 0 Å². The molecule has 0 aliphatic carbocycles. The topological polar surface area (TPSA) is 88.7 Å². The van der Waals surface area contributed by atoms with Gasteiger partial charge in [-0.05, 0) is 51.3 Å². The van der Waals surface area contributed by atoms with Crippen LogP contribution in [0.15, 0.2) is 48.5 Å². The third-order valence-electron chi connectivity index (χ3n) is 5.90. The smallest absolute Gasteiger partial charge is 0.251 e. The van der Waals surface area contributed by atoms with Gasteiger partial charge in [0.1, 0.15) is 0 Å². The van der Waals surface area contributed by atoms with Gasteiger partial charge in [-0.25, -0.2) is 0 Å². The molecule has 0 radical (unpaired) electrons. The van der Waals surface area contributed by atoms with Gasteiger partial charge in [0.05, 0.1) is 25.5 Å². The molecule has 2 N–H and O–H groups in total. The Morgan fingerprint density at radius 3 is 2.37 bits per heavy atom. The van der Waals surface area contributed by atoms with Crippen LogP contribution in [0, 0.1) is 0 Å². The second-order valence-corrected chi connectivity index (χ2v) is 8.37. The van der Waals surface area contributed by atoms with Gasteiger partial charge in [0, 0.05) is 30.8 Å². The minimum absolute atomic E-state index is 0.00535. The van der Waals surface area contributed by atoms with E-state index in [1.54, 1.807) is 12.1 Å². The van der Waals surface area contributed by atoms with Gasteiger partial charge in [-0.1, -0.05) is 30.3 Å². The minimum Gasteiger partial charge on any atom is -0.490 e. The molecule has 0 bridgehead atoms. The van der Waals surface area contributed by atoms with Crippen molar-refractivity contribution in [3.63, 3.8) is 0 Å². The van der Waals surface area contributed by atoms with E-state index >= 15 is 0 Å². The summed E-state index contributed by atoms with van der Waals surface area (Å²) in [6.45, 7) is 8.70. The molecule has 1 unspecified atom stereocenters. The van der Waals surface area contributed by atoms with Gasteiger partial charge in [0.2, 0.25) is 5.75 Å². The molecular formula is C27H34N4O4. The number of aromatic amines is 1. The van der Waals surface area contributed by atoms with Crippen LogP contribution in [0.5, 0.6) is 17.2 Å². The van der Waals surface area contributed by atoms with Crippen LogP contribution >= 0.6 is 0 Å². The molecule has 35 heavy (non-hydrogen) atoms. The first-order chi connectivity index (χ1) is 17.1. The van der Waals surface area contributed by atoms with E-state index in [9.17, 15) is 4.79 Å². The van der Waals surface area contributed by atoms with Crippen molar-refractivity contribution in [2.24, 2.45) is 0 Å². The normalized spacial score (nSPS) is 15.5. The molecule has 2 heterocycles. The Balaban J connectivity index is 1.47. The van der Waals surface area contributed by atoms with Crippen molar-refractivity contribution in [2.75, 3.05) is 37.8 Å². The Morgan fingerprint density at radius 1 is 1.03 bits per heavy atom. The number of nitrogens with one attached hydrogen (secondary N) is 2. The Labute approximate surface area is 206 Å². The van der Waals surface area contributed by atoms with Gasteiger partial charge in [-0.2, -0.15) is 5.10 Å². The molecule has 1 atom stereocenters. The monoisotopic (exact) mass is 478 g/mol. The molecule has 1 saturated heterocycles. The second-order valence-electron chi connectivity index (χ2n) is 8.37. The molecule has 1 aliphatic heterocycles. The lowest BCUT2D eigenvalue weighted by Crippen LogP contribution is -2.48. The zero-order chi connectivity index (χ0) is 24.6. The number of benzene rings is 2. The molecule has 1 aromatic heterocycles. The lowest BCUT2D eigenvalue weighted by atomic mass is 10.0. The molecule has 8 heteroatoms. The number of anilines is 1. The standard InChI is InChI=1S/C27H34N4O4/c1-4-33-23-15-20(16-24(34-5-2)26(23)35-6-3)27(32)28-21-13-10-14-31(18-21)25-17-22(29-30-25)19-11-8-7-9-12-19/h7-9,11-12,15-17,21H,4-6,10,13-14,18H2,1-3H3,(H,28,32)(H,29,30). The lowest BCUT2D eigenvalue weighted by Gasteiger charge is -2.33. The van der Waals surface area contributed by atoms with Crippen LogP contribution in [-0.4, -0.2) is 55.1 Å². The molecule has 186 valence electrons. The maximum atomic E-state index is 13.2. The van der Waals surface area contributed by atoms with E-state index < -0.39 is 0 Å². The number of amides is 1. The van der Waals surface area contributed by atoms with E-state index in [4.69, 9.17) is 14.2 Å². The van der Waals surface area contributed by atoms with Gasteiger partial charge in [0.25, 0.3) is 5.91 Å². The highest BCUT2D eigenvalue weighted by Crippen LogP contribution is 2.39. The maximum Gasteiger partial charge on any atom is 0.251 e. The summed E-state index contributed by atoms with van der Waals surface area (Å²) in [6, 6.07) is 15.7. The fourth-order valence-corrected chi connectivity index (χ4v) is 4.33. The van der Waals surface area contributed by atoms with Crippen molar-refractivity contribution < 1.29 is 19.0 Å². The van der Waals surface area contributed by atoms with Crippen molar-refractivity contribution >= 4 is 11.7 Å². The van der Waals surface area contributed by atoms with Crippen LogP contribution in [0.4, 0.5) is 5.82 Å². The van der Waals surface area contributed by atoms with Crippen LogP contribution < -0.4 is 24.4 Å². The number of carbonyl (C=O) groups is 1. The Bertz CT molecular complexity index is 1090. The highest BCUT2D eigenvalue weighted by atomic mass is 16.5. The van der Waals surface area contributed by atoms with E-state index in [1.165, 1.54) is 0 Å². The first-order valence-corrected chi connectivity index (χ1v) is 12.4. The molecule has 1 fully saturated rings. The zero-order valence-electron chi connectivity index (χ0n) is 20.7. The van der Waals surface area contributed by atoms with Gasteiger partial charge < -0.3 is 24.4 Å². The van der Waals surface area contributed by atoms with Crippen LogP contribution in [0.1, 0.15) is 44.0 Å². The van der Waals surface area contributed by atoms with Crippen molar-refractivity contribution in [1.82, 2.24) is 15.5 Å². The van der Waals surface area contributed by atoms with Gasteiger partial charge in [-0.3, -0.25) is 9.89 Å². The number of ether oxygens (including phenoxy) is 3. The molecule has 0 spiro atoms. The van der Waals surface area contributed by atoms with E-state index in [0.717, 1.165) is 36.5 Å². The van der Waals surface area contributed by atoms with E-state index in [2.05, 4.69) is 38.6 Å². The number of piperidine rings is 1. The highest BCUT2D eigenvalue weighted by molar-refractivity contribution is 5.96. The minimum atomic E-state index is -0.159. The molecule has 0 saturated carbocycles. The maximum absolute atomic E-state index is 13.2. The summed E-state index contributed by atoms with van der Waals surface area (Å²) in [7, 11) is 0. The summed E-state index contributed by atoms with van der Waals surface area (Å²) in [5.74, 6) is 2.29.